The molecule has 2 unspecified atom stereocenters. The minimum atomic E-state index is 0.0796. The molecule has 1 aliphatic carbocycles. The van der Waals surface area contributed by atoms with E-state index < -0.39 is 0 Å². The molecule has 0 aliphatic heterocycles. The van der Waals surface area contributed by atoms with Gasteiger partial charge >= 0.3 is 0 Å². The zero-order valence-corrected chi connectivity index (χ0v) is 17.0. The number of hydrogen-bond acceptors (Lipinski definition) is 2. The summed E-state index contributed by atoms with van der Waals surface area (Å²) in [5.41, 5.74) is 5.39. The summed E-state index contributed by atoms with van der Waals surface area (Å²) in [5.74, 6) is 0.553. The van der Waals surface area contributed by atoms with Gasteiger partial charge in [0.1, 0.15) is 0 Å². The molecule has 27 heavy (non-hydrogen) atoms. The Morgan fingerprint density at radius 1 is 1.15 bits per heavy atom. The van der Waals surface area contributed by atoms with E-state index in [1.54, 1.807) is 0 Å². The molecule has 0 spiro atoms. The molecule has 0 radical (unpaired) electrons. The lowest BCUT2D eigenvalue weighted by Gasteiger charge is -2.07. The van der Waals surface area contributed by atoms with Gasteiger partial charge in [0.2, 0.25) is 5.91 Å². The van der Waals surface area contributed by atoms with Crippen molar-refractivity contribution in [1.82, 2.24) is 15.1 Å². The van der Waals surface area contributed by atoms with Gasteiger partial charge in [-0.3, -0.25) is 4.79 Å². The smallest absolute Gasteiger partial charge is 0.224 e. The van der Waals surface area contributed by atoms with Crippen molar-refractivity contribution in [2.45, 2.75) is 32.7 Å². The van der Waals surface area contributed by atoms with Crippen molar-refractivity contribution in [2.75, 3.05) is 0 Å². The van der Waals surface area contributed by atoms with E-state index in [1.165, 1.54) is 5.56 Å². The van der Waals surface area contributed by atoms with Crippen molar-refractivity contribution in [2.24, 2.45) is 5.92 Å². The SMILES string of the molecule is Cc1nn(-c2ccccc2)c(C)c1CNC(=O)C1CC1c1ccc(Br)cc1. The molecule has 5 heteroatoms. The van der Waals surface area contributed by atoms with Crippen LogP contribution >= 0.6 is 15.9 Å². The van der Waals surface area contributed by atoms with Crippen LogP contribution in [0.15, 0.2) is 59.1 Å². The summed E-state index contributed by atoms with van der Waals surface area (Å²) in [6.45, 7) is 4.57. The van der Waals surface area contributed by atoms with Gasteiger partial charge in [0.15, 0.2) is 0 Å². The van der Waals surface area contributed by atoms with Crippen molar-refractivity contribution >= 4 is 21.8 Å². The minimum absolute atomic E-state index is 0.0796. The van der Waals surface area contributed by atoms with E-state index in [9.17, 15) is 4.79 Å². The molecule has 0 bridgehead atoms. The zero-order chi connectivity index (χ0) is 19.0. The Morgan fingerprint density at radius 2 is 1.85 bits per heavy atom. The molecule has 4 rings (SSSR count). The number of benzene rings is 2. The van der Waals surface area contributed by atoms with Crippen LogP contribution in [0.1, 0.15) is 34.9 Å². The first kappa shape index (κ1) is 18.0. The molecule has 138 valence electrons. The summed E-state index contributed by atoms with van der Waals surface area (Å²) >= 11 is 3.45. The van der Waals surface area contributed by atoms with E-state index in [-0.39, 0.29) is 11.8 Å². The lowest BCUT2D eigenvalue weighted by molar-refractivity contribution is -0.122. The lowest BCUT2D eigenvalue weighted by atomic mass is 10.1. The topological polar surface area (TPSA) is 46.9 Å². The number of aromatic nitrogens is 2. The standard InChI is InChI=1S/C22H22BrN3O/c1-14-21(15(2)26(25-14)18-6-4-3-5-7-18)13-24-22(27)20-12-19(20)16-8-10-17(23)11-9-16/h3-11,19-20H,12-13H2,1-2H3,(H,24,27). The maximum Gasteiger partial charge on any atom is 0.224 e. The average Bonchev–Trinajstić information content (AvgIpc) is 3.42. The predicted molar refractivity (Wildman–Crippen MR) is 110 cm³/mol. The Balaban J connectivity index is 1.41. The fourth-order valence-electron chi connectivity index (χ4n) is 3.62. The van der Waals surface area contributed by atoms with E-state index >= 15 is 0 Å². The van der Waals surface area contributed by atoms with Crippen LogP contribution in [0.3, 0.4) is 0 Å². The Morgan fingerprint density at radius 3 is 2.56 bits per heavy atom. The molecule has 2 aromatic carbocycles. The molecular weight excluding hydrogens is 402 g/mol. The number of aryl methyl sites for hydroxylation is 1. The van der Waals surface area contributed by atoms with Gasteiger partial charge in [0.05, 0.1) is 11.4 Å². The Hall–Kier alpha value is -2.40. The van der Waals surface area contributed by atoms with Crippen LogP contribution in [0.25, 0.3) is 5.69 Å². The summed E-state index contributed by atoms with van der Waals surface area (Å²) < 4.78 is 3.01. The van der Waals surface area contributed by atoms with Gasteiger partial charge in [-0.2, -0.15) is 5.10 Å². The highest BCUT2D eigenvalue weighted by molar-refractivity contribution is 9.10. The Kier molecular flexibility index (Phi) is 4.87. The number of para-hydroxylation sites is 1. The first-order valence-electron chi connectivity index (χ1n) is 9.18. The molecule has 3 aromatic rings. The van der Waals surface area contributed by atoms with E-state index in [2.05, 4.69) is 45.4 Å². The minimum Gasteiger partial charge on any atom is -0.352 e. The third-order valence-electron chi connectivity index (χ3n) is 5.31. The highest BCUT2D eigenvalue weighted by atomic mass is 79.9. The van der Waals surface area contributed by atoms with E-state index in [0.29, 0.717) is 12.5 Å². The van der Waals surface area contributed by atoms with Crippen molar-refractivity contribution in [3.8, 4) is 5.69 Å². The summed E-state index contributed by atoms with van der Waals surface area (Å²) in [4.78, 5) is 12.6. The second kappa shape index (κ2) is 7.31. The largest absolute Gasteiger partial charge is 0.352 e. The molecule has 2 atom stereocenters. The fourth-order valence-corrected chi connectivity index (χ4v) is 3.89. The Labute approximate surface area is 167 Å². The van der Waals surface area contributed by atoms with Crippen LogP contribution < -0.4 is 5.32 Å². The summed E-state index contributed by atoms with van der Waals surface area (Å²) in [6, 6.07) is 18.3. The van der Waals surface area contributed by atoms with Crippen LogP contribution in [0, 0.1) is 19.8 Å². The molecule has 4 nitrogen and oxygen atoms in total. The van der Waals surface area contributed by atoms with E-state index in [4.69, 9.17) is 0 Å². The molecule has 1 N–H and O–H groups in total. The number of rotatable bonds is 5. The lowest BCUT2D eigenvalue weighted by Crippen LogP contribution is -2.25. The van der Waals surface area contributed by atoms with Crippen molar-refractivity contribution in [3.63, 3.8) is 0 Å². The number of amides is 1. The molecule has 1 amide bonds. The summed E-state index contributed by atoms with van der Waals surface area (Å²) in [6.07, 6.45) is 0.925. The van der Waals surface area contributed by atoms with Gasteiger partial charge in [0.25, 0.3) is 0 Å². The summed E-state index contributed by atoms with van der Waals surface area (Å²) in [7, 11) is 0. The van der Waals surface area contributed by atoms with Gasteiger partial charge < -0.3 is 5.32 Å². The molecule has 1 heterocycles. The predicted octanol–water partition coefficient (Wildman–Crippen LogP) is 4.67. The maximum atomic E-state index is 12.6. The van der Waals surface area contributed by atoms with Crippen molar-refractivity contribution in [3.05, 3.63) is 81.6 Å². The number of hydrogen-bond donors (Lipinski definition) is 1. The van der Waals surface area contributed by atoms with Gasteiger partial charge in [-0.15, -0.1) is 0 Å². The first-order valence-corrected chi connectivity index (χ1v) is 9.97. The van der Waals surface area contributed by atoms with Gasteiger partial charge in [-0.25, -0.2) is 4.68 Å². The molecule has 0 saturated heterocycles. The van der Waals surface area contributed by atoms with E-state index in [0.717, 1.165) is 33.5 Å². The van der Waals surface area contributed by atoms with Gasteiger partial charge in [0, 0.05) is 28.2 Å². The third kappa shape index (κ3) is 3.69. The molecular formula is C22H22BrN3O. The molecule has 1 aliphatic rings. The number of carbonyl (C=O) groups is 1. The molecule has 1 fully saturated rings. The maximum absolute atomic E-state index is 12.6. The number of nitrogens with zero attached hydrogens (tertiary/aromatic N) is 2. The average molecular weight is 424 g/mol. The van der Waals surface area contributed by atoms with E-state index in [1.807, 2.05) is 54.1 Å². The van der Waals surface area contributed by atoms with Crippen LogP contribution in [0.2, 0.25) is 0 Å². The second-order valence-electron chi connectivity index (χ2n) is 7.11. The number of nitrogens with one attached hydrogen (secondary N) is 1. The van der Waals surface area contributed by atoms with Crippen LogP contribution in [-0.4, -0.2) is 15.7 Å². The first-order chi connectivity index (χ1) is 13.0. The monoisotopic (exact) mass is 423 g/mol. The normalized spacial score (nSPS) is 18.3. The van der Waals surface area contributed by atoms with Crippen molar-refractivity contribution in [1.29, 1.82) is 0 Å². The second-order valence-corrected chi connectivity index (χ2v) is 8.03. The van der Waals surface area contributed by atoms with Crippen LogP contribution in [0.5, 0.6) is 0 Å². The van der Waals surface area contributed by atoms with Gasteiger partial charge in [-0.05, 0) is 56.0 Å². The highest BCUT2D eigenvalue weighted by Crippen LogP contribution is 2.47. The van der Waals surface area contributed by atoms with Gasteiger partial charge in [-0.1, -0.05) is 46.3 Å². The van der Waals surface area contributed by atoms with Crippen LogP contribution in [-0.2, 0) is 11.3 Å². The molecule has 1 aromatic heterocycles. The third-order valence-corrected chi connectivity index (χ3v) is 5.84. The van der Waals surface area contributed by atoms with Crippen molar-refractivity contribution < 1.29 is 4.79 Å². The summed E-state index contributed by atoms with van der Waals surface area (Å²) in [5, 5.41) is 7.77. The number of carbonyl (C=O) groups excluding carboxylic acids is 1. The van der Waals surface area contributed by atoms with Crippen LogP contribution in [0.4, 0.5) is 0 Å². The number of halogens is 1. The quantitative estimate of drug-likeness (QED) is 0.647. The Bertz CT molecular complexity index is 963. The molecule has 1 saturated carbocycles. The fraction of sp³-hybridized carbons (Fsp3) is 0.273. The highest BCUT2D eigenvalue weighted by Gasteiger charge is 2.43. The zero-order valence-electron chi connectivity index (χ0n) is 15.4.